The molecule has 3 nitrogen and oxygen atoms in total. The van der Waals surface area contributed by atoms with E-state index >= 15 is 0 Å². The van der Waals surface area contributed by atoms with Crippen molar-refractivity contribution in [1.29, 1.82) is 0 Å². The summed E-state index contributed by atoms with van der Waals surface area (Å²) in [6.07, 6.45) is 5.50. The quantitative estimate of drug-likeness (QED) is 0.887. The highest BCUT2D eigenvalue weighted by Gasteiger charge is 2.39. The summed E-state index contributed by atoms with van der Waals surface area (Å²) in [5.41, 5.74) is 0.308. The first kappa shape index (κ1) is 11.6. The van der Waals surface area contributed by atoms with Crippen molar-refractivity contribution in [1.82, 2.24) is 0 Å². The first-order valence-corrected chi connectivity index (χ1v) is 6.68. The highest BCUT2D eigenvalue weighted by molar-refractivity contribution is 5.87. The molecule has 0 heterocycles. The van der Waals surface area contributed by atoms with Gasteiger partial charge < -0.3 is 9.84 Å². The third-order valence-corrected chi connectivity index (χ3v) is 4.45. The van der Waals surface area contributed by atoms with E-state index in [1.165, 1.54) is 25.7 Å². The summed E-state index contributed by atoms with van der Waals surface area (Å²) in [7, 11) is 0. The lowest BCUT2D eigenvalue weighted by molar-refractivity contribution is 0.0697. The van der Waals surface area contributed by atoms with Crippen molar-refractivity contribution < 1.29 is 14.6 Å². The van der Waals surface area contributed by atoms with E-state index in [0.29, 0.717) is 11.5 Å². The van der Waals surface area contributed by atoms with Gasteiger partial charge in [0.2, 0.25) is 0 Å². The van der Waals surface area contributed by atoms with E-state index in [1.54, 1.807) is 24.3 Å². The van der Waals surface area contributed by atoms with Crippen LogP contribution in [0.5, 0.6) is 5.75 Å². The molecule has 0 aromatic heterocycles. The molecule has 2 aliphatic carbocycles. The van der Waals surface area contributed by atoms with Gasteiger partial charge in [0.15, 0.2) is 0 Å². The maximum atomic E-state index is 10.7. The van der Waals surface area contributed by atoms with Crippen molar-refractivity contribution in [3.63, 3.8) is 0 Å². The molecular formula is C15H18O3. The van der Waals surface area contributed by atoms with Crippen LogP contribution in [0, 0.1) is 17.8 Å². The largest absolute Gasteiger partial charge is 0.493 e. The Morgan fingerprint density at radius 3 is 2.56 bits per heavy atom. The molecule has 3 atom stereocenters. The van der Waals surface area contributed by atoms with Gasteiger partial charge in [0.05, 0.1) is 12.2 Å². The van der Waals surface area contributed by atoms with Gasteiger partial charge in [0, 0.05) is 0 Å². The maximum absolute atomic E-state index is 10.7. The predicted octanol–water partition coefficient (Wildman–Crippen LogP) is 3.20. The molecule has 0 aliphatic heterocycles. The average Bonchev–Trinajstić information content (AvgIpc) is 2.99. The summed E-state index contributed by atoms with van der Waals surface area (Å²) in [5, 5.41) is 8.81. The number of carboxylic acids is 1. The first-order chi connectivity index (χ1) is 8.72. The van der Waals surface area contributed by atoms with Crippen LogP contribution >= 0.6 is 0 Å². The van der Waals surface area contributed by atoms with Crippen molar-refractivity contribution in [3.8, 4) is 5.75 Å². The standard InChI is InChI=1S/C15H18O3/c16-15(17)11-3-5-14(6-4-11)18-9-13-8-10-1-2-12(13)7-10/h3-6,10,12-13H,1-2,7-9H2,(H,16,17). The second-order valence-electron chi connectivity index (χ2n) is 5.58. The summed E-state index contributed by atoms with van der Waals surface area (Å²) in [4.78, 5) is 10.7. The molecule has 1 N–H and O–H groups in total. The molecule has 1 aromatic carbocycles. The minimum absolute atomic E-state index is 0.308. The lowest BCUT2D eigenvalue weighted by Gasteiger charge is -2.21. The van der Waals surface area contributed by atoms with E-state index in [1.807, 2.05) is 0 Å². The topological polar surface area (TPSA) is 46.5 Å². The van der Waals surface area contributed by atoms with Crippen LogP contribution in [0.25, 0.3) is 0 Å². The van der Waals surface area contributed by atoms with Crippen molar-refractivity contribution in [2.75, 3.05) is 6.61 Å². The molecule has 2 fully saturated rings. The lowest BCUT2D eigenvalue weighted by Crippen LogP contribution is -2.18. The van der Waals surface area contributed by atoms with Crippen LogP contribution < -0.4 is 4.74 Å². The van der Waals surface area contributed by atoms with Gasteiger partial charge in [-0.3, -0.25) is 0 Å². The second kappa shape index (κ2) is 4.63. The van der Waals surface area contributed by atoms with Gasteiger partial charge in [0.1, 0.15) is 5.75 Å². The molecule has 0 radical (unpaired) electrons. The Morgan fingerprint density at radius 2 is 2.00 bits per heavy atom. The number of ether oxygens (including phenoxy) is 1. The first-order valence-electron chi connectivity index (χ1n) is 6.68. The molecule has 2 saturated carbocycles. The van der Waals surface area contributed by atoms with Gasteiger partial charge in [0.25, 0.3) is 0 Å². The molecule has 0 amide bonds. The molecule has 2 aliphatic rings. The summed E-state index contributed by atoms with van der Waals surface area (Å²) in [6, 6.07) is 6.68. The third-order valence-electron chi connectivity index (χ3n) is 4.45. The number of aromatic carboxylic acids is 1. The number of hydrogen-bond donors (Lipinski definition) is 1. The zero-order chi connectivity index (χ0) is 12.5. The highest BCUT2D eigenvalue weighted by Crippen LogP contribution is 2.48. The minimum Gasteiger partial charge on any atom is -0.493 e. The van der Waals surface area contributed by atoms with Crippen LogP contribution in [-0.4, -0.2) is 17.7 Å². The monoisotopic (exact) mass is 246 g/mol. The fourth-order valence-electron chi connectivity index (χ4n) is 3.48. The molecule has 3 heteroatoms. The third kappa shape index (κ3) is 2.22. The van der Waals surface area contributed by atoms with E-state index in [-0.39, 0.29) is 0 Å². The number of fused-ring (bicyclic) bond motifs is 2. The molecule has 3 unspecified atom stereocenters. The molecule has 0 spiro atoms. The number of carboxylic acid groups (broad SMARTS) is 1. The maximum Gasteiger partial charge on any atom is 0.335 e. The van der Waals surface area contributed by atoms with Crippen LogP contribution in [-0.2, 0) is 0 Å². The van der Waals surface area contributed by atoms with Gasteiger partial charge >= 0.3 is 5.97 Å². The molecule has 3 rings (SSSR count). The van der Waals surface area contributed by atoms with E-state index in [0.717, 1.165) is 24.2 Å². The normalized spacial score (nSPS) is 29.4. The Labute approximate surface area is 107 Å². The van der Waals surface area contributed by atoms with E-state index in [4.69, 9.17) is 9.84 Å². The predicted molar refractivity (Wildman–Crippen MR) is 67.8 cm³/mol. The number of carbonyl (C=O) groups is 1. The number of hydrogen-bond acceptors (Lipinski definition) is 2. The Bertz CT molecular complexity index is 438. The Balaban J connectivity index is 1.55. The van der Waals surface area contributed by atoms with Crippen LogP contribution in [0.1, 0.15) is 36.0 Å². The summed E-state index contributed by atoms with van der Waals surface area (Å²) < 4.78 is 5.78. The zero-order valence-corrected chi connectivity index (χ0v) is 10.3. The van der Waals surface area contributed by atoms with Crippen LogP contribution in [0.2, 0.25) is 0 Å². The fourth-order valence-corrected chi connectivity index (χ4v) is 3.48. The minimum atomic E-state index is -0.894. The van der Waals surface area contributed by atoms with Gasteiger partial charge in [-0.1, -0.05) is 6.42 Å². The van der Waals surface area contributed by atoms with E-state index in [9.17, 15) is 4.79 Å². The van der Waals surface area contributed by atoms with Gasteiger partial charge in [-0.2, -0.15) is 0 Å². The zero-order valence-electron chi connectivity index (χ0n) is 10.3. The van der Waals surface area contributed by atoms with Gasteiger partial charge in [-0.25, -0.2) is 4.79 Å². The molecular weight excluding hydrogens is 228 g/mol. The summed E-state index contributed by atoms with van der Waals surface area (Å²) in [5.74, 6) is 2.41. The van der Waals surface area contributed by atoms with Crippen molar-refractivity contribution in [2.45, 2.75) is 25.7 Å². The van der Waals surface area contributed by atoms with E-state index < -0.39 is 5.97 Å². The highest BCUT2D eigenvalue weighted by atomic mass is 16.5. The average molecular weight is 246 g/mol. The Hall–Kier alpha value is -1.51. The van der Waals surface area contributed by atoms with Crippen molar-refractivity contribution >= 4 is 5.97 Å². The van der Waals surface area contributed by atoms with Crippen LogP contribution in [0.4, 0.5) is 0 Å². The SMILES string of the molecule is O=C(O)c1ccc(OCC2CC3CCC2C3)cc1. The van der Waals surface area contributed by atoms with Crippen LogP contribution in [0.3, 0.4) is 0 Å². The van der Waals surface area contributed by atoms with Crippen molar-refractivity contribution in [2.24, 2.45) is 17.8 Å². The molecule has 1 aromatic rings. The van der Waals surface area contributed by atoms with Crippen LogP contribution in [0.15, 0.2) is 24.3 Å². The Morgan fingerprint density at radius 1 is 1.22 bits per heavy atom. The van der Waals surface area contributed by atoms with Gasteiger partial charge in [-0.05, 0) is 61.3 Å². The summed E-state index contributed by atoms with van der Waals surface area (Å²) in [6.45, 7) is 0.785. The molecule has 2 bridgehead atoms. The van der Waals surface area contributed by atoms with E-state index in [2.05, 4.69) is 0 Å². The molecule has 96 valence electrons. The van der Waals surface area contributed by atoms with Crippen molar-refractivity contribution in [3.05, 3.63) is 29.8 Å². The number of benzene rings is 1. The smallest absolute Gasteiger partial charge is 0.335 e. The molecule has 18 heavy (non-hydrogen) atoms. The summed E-state index contributed by atoms with van der Waals surface area (Å²) >= 11 is 0. The lowest BCUT2D eigenvalue weighted by atomic mass is 9.89. The van der Waals surface area contributed by atoms with Gasteiger partial charge in [-0.15, -0.1) is 0 Å². The fraction of sp³-hybridized carbons (Fsp3) is 0.533. The Kier molecular flexibility index (Phi) is 2.98. The molecule has 0 saturated heterocycles. The second-order valence-corrected chi connectivity index (χ2v) is 5.58. The number of rotatable bonds is 4.